The molecule has 5 aliphatic rings. The number of rotatable bonds is 5. The Bertz CT molecular complexity index is 526. The Labute approximate surface area is 154 Å². The van der Waals surface area contributed by atoms with E-state index in [0.717, 1.165) is 11.8 Å². The highest BCUT2D eigenvalue weighted by atomic mass is 32.1. The topological polar surface area (TPSA) is 66.8 Å². The summed E-state index contributed by atoms with van der Waals surface area (Å²) in [5.74, 6) is 2.24. The van der Waals surface area contributed by atoms with E-state index in [0.29, 0.717) is 30.6 Å². The molecule has 25 heavy (non-hydrogen) atoms. The van der Waals surface area contributed by atoms with Crippen molar-refractivity contribution in [2.24, 2.45) is 29.6 Å². The normalized spacial score (nSPS) is 43.4. The standard InChI is InChI=1S/C19H29NO4S/c1-10(9-25)18(21)20-8-15(7-16(20)19(22)23)24-17-13-3-11-2-12(5-13)6-14(17)4-11/h10-17,25H,2-9H2,1H3,(H,22,23)/t10?,11?,12?,13?,14?,15-,16-,17?/m0/s1. The third kappa shape index (κ3) is 3.20. The molecule has 1 aliphatic heterocycles. The molecule has 1 amide bonds. The zero-order valence-corrected chi connectivity index (χ0v) is 15.7. The maximum Gasteiger partial charge on any atom is 0.326 e. The number of carbonyl (C=O) groups excluding carboxylic acids is 1. The van der Waals surface area contributed by atoms with Crippen molar-refractivity contribution in [2.45, 2.75) is 63.7 Å². The number of hydrogen-bond donors (Lipinski definition) is 2. The second-order valence-corrected chi connectivity index (χ2v) is 9.18. The first-order valence-corrected chi connectivity index (χ1v) is 10.4. The van der Waals surface area contributed by atoms with Crippen LogP contribution in [0.25, 0.3) is 0 Å². The summed E-state index contributed by atoms with van der Waals surface area (Å²) >= 11 is 4.19. The number of carbonyl (C=O) groups is 2. The van der Waals surface area contributed by atoms with Crippen molar-refractivity contribution >= 4 is 24.5 Å². The lowest BCUT2D eigenvalue weighted by Crippen LogP contribution is -2.50. The molecule has 6 heteroatoms. The maximum atomic E-state index is 12.5. The van der Waals surface area contributed by atoms with E-state index in [1.54, 1.807) is 6.92 Å². The molecular formula is C19H29NO4S. The van der Waals surface area contributed by atoms with Crippen LogP contribution < -0.4 is 0 Å². The van der Waals surface area contributed by atoms with Gasteiger partial charge in [0.15, 0.2) is 0 Å². The van der Waals surface area contributed by atoms with Crippen LogP contribution in [0, 0.1) is 29.6 Å². The minimum absolute atomic E-state index is 0.112. The van der Waals surface area contributed by atoms with Gasteiger partial charge < -0.3 is 14.7 Å². The fraction of sp³-hybridized carbons (Fsp3) is 0.895. The summed E-state index contributed by atoms with van der Waals surface area (Å²) in [7, 11) is 0. The van der Waals surface area contributed by atoms with E-state index in [2.05, 4.69) is 12.6 Å². The monoisotopic (exact) mass is 367 g/mol. The molecule has 0 aromatic heterocycles. The number of carboxylic acid groups (broad SMARTS) is 1. The number of thiol groups is 1. The number of ether oxygens (including phenoxy) is 1. The van der Waals surface area contributed by atoms with Crippen molar-refractivity contribution in [3.63, 3.8) is 0 Å². The Morgan fingerprint density at radius 1 is 1.12 bits per heavy atom. The minimum Gasteiger partial charge on any atom is -0.480 e. The number of amides is 1. The van der Waals surface area contributed by atoms with E-state index in [1.165, 1.54) is 37.0 Å². The molecule has 4 aliphatic carbocycles. The quantitative estimate of drug-likeness (QED) is 0.733. The van der Waals surface area contributed by atoms with Gasteiger partial charge in [-0.25, -0.2) is 4.79 Å². The fourth-order valence-electron chi connectivity index (χ4n) is 6.05. The van der Waals surface area contributed by atoms with Crippen LogP contribution in [0.2, 0.25) is 0 Å². The summed E-state index contributed by atoms with van der Waals surface area (Å²) in [6.07, 6.45) is 7.11. The molecule has 0 aromatic carbocycles. The SMILES string of the molecule is CC(CS)C(=O)N1C[C@@H](OC2C3CC4CC(C3)CC2C4)C[C@H]1C(=O)O. The first-order chi connectivity index (χ1) is 12.0. The van der Waals surface area contributed by atoms with E-state index in [1.807, 2.05) is 0 Å². The fourth-order valence-corrected chi connectivity index (χ4v) is 6.21. The Balaban J connectivity index is 1.43. The maximum absolute atomic E-state index is 12.5. The molecule has 5 rings (SSSR count). The molecule has 1 heterocycles. The average Bonchev–Trinajstić information content (AvgIpc) is 3.00. The van der Waals surface area contributed by atoms with E-state index in [-0.39, 0.29) is 24.0 Å². The van der Waals surface area contributed by atoms with Crippen LogP contribution in [-0.4, -0.2) is 52.4 Å². The summed E-state index contributed by atoms with van der Waals surface area (Å²) in [6, 6.07) is -0.753. The molecule has 0 radical (unpaired) electrons. The molecular weight excluding hydrogens is 338 g/mol. The number of carboxylic acids is 1. The minimum atomic E-state index is -0.920. The molecule has 1 unspecified atom stereocenters. The van der Waals surface area contributed by atoms with Crippen LogP contribution in [0.3, 0.4) is 0 Å². The third-order valence-corrected chi connectivity index (χ3v) is 7.56. The van der Waals surface area contributed by atoms with Crippen molar-refractivity contribution < 1.29 is 19.4 Å². The number of aliphatic carboxylic acids is 1. The Hall–Kier alpha value is -0.750. The zero-order valence-electron chi connectivity index (χ0n) is 14.8. The van der Waals surface area contributed by atoms with Crippen molar-refractivity contribution in [2.75, 3.05) is 12.3 Å². The van der Waals surface area contributed by atoms with E-state index in [4.69, 9.17) is 4.74 Å². The second kappa shape index (κ2) is 6.76. The highest BCUT2D eigenvalue weighted by molar-refractivity contribution is 7.80. The van der Waals surface area contributed by atoms with Crippen LogP contribution in [-0.2, 0) is 14.3 Å². The molecule has 1 saturated heterocycles. The van der Waals surface area contributed by atoms with Gasteiger partial charge in [-0.15, -0.1) is 0 Å². The van der Waals surface area contributed by atoms with E-state index in [9.17, 15) is 14.7 Å². The van der Waals surface area contributed by atoms with E-state index < -0.39 is 12.0 Å². The van der Waals surface area contributed by atoms with Gasteiger partial charge in [0.25, 0.3) is 0 Å². The highest BCUT2D eigenvalue weighted by Crippen LogP contribution is 2.55. The summed E-state index contributed by atoms with van der Waals surface area (Å²) in [6.45, 7) is 2.22. The number of likely N-dealkylation sites (tertiary alicyclic amines) is 1. The van der Waals surface area contributed by atoms with Gasteiger partial charge >= 0.3 is 5.97 Å². The third-order valence-electron chi connectivity index (χ3n) is 7.02. The molecule has 4 saturated carbocycles. The van der Waals surface area contributed by atoms with Gasteiger partial charge in [0.05, 0.1) is 12.2 Å². The van der Waals surface area contributed by atoms with Crippen LogP contribution in [0.15, 0.2) is 0 Å². The van der Waals surface area contributed by atoms with Crippen LogP contribution in [0.4, 0.5) is 0 Å². The summed E-state index contributed by atoms with van der Waals surface area (Å²) in [4.78, 5) is 25.7. The summed E-state index contributed by atoms with van der Waals surface area (Å²) < 4.78 is 6.49. The van der Waals surface area contributed by atoms with Gasteiger partial charge in [-0.2, -0.15) is 12.6 Å². The number of hydrogen-bond acceptors (Lipinski definition) is 4. The Morgan fingerprint density at radius 3 is 2.24 bits per heavy atom. The lowest BCUT2D eigenvalue weighted by atomic mass is 9.55. The largest absolute Gasteiger partial charge is 0.480 e. The molecule has 0 spiro atoms. The second-order valence-electron chi connectivity index (χ2n) is 8.82. The summed E-state index contributed by atoms with van der Waals surface area (Å²) in [5.41, 5.74) is 0. The molecule has 1 N–H and O–H groups in total. The molecule has 3 atom stereocenters. The van der Waals surface area contributed by atoms with Gasteiger partial charge in [-0.1, -0.05) is 6.92 Å². The average molecular weight is 368 g/mol. The zero-order chi connectivity index (χ0) is 17.7. The predicted octanol–water partition coefficient (Wildman–Crippen LogP) is 2.45. The lowest BCUT2D eigenvalue weighted by Gasteiger charge is -2.54. The first-order valence-electron chi connectivity index (χ1n) is 9.75. The Kier molecular flexibility index (Phi) is 4.78. The van der Waals surface area contributed by atoms with E-state index >= 15 is 0 Å². The van der Waals surface area contributed by atoms with Gasteiger partial charge in [0, 0.05) is 24.6 Å². The van der Waals surface area contributed by atoms with Crippen molar-refractivity contribution in [1.82, 2.24) is 4.90 Å². The van der Waals surface area contributed by atoms with Crippen LogP contribution in [0.1, 0.15) is 45.4 Å². The first kappa shape index (κ1) is 17.7. The molecule has 5 fully saturated rings. The van der Waals surface area contributed by atoms with Crippen molar-refractivity contribution in [3.05, 3.63) is 0 Å². The molecule has 4 bridgehead atoms. The number of nitrogens with zero attached hydrogens (tertiary/aromatic N) is 1. The van der Waals surface area contributed by atoms with Crippen molar-refractivity contribution in [3.8, 4) is 0 Å². The Morgan fingerprint density at radius 2 is 1.72 bits per heavy atom. The molecule has 140 valence electrons. The predicted molar refractivity (Wildman–Crippen MR) is 96.5 cm³/mol. The van der Waals surface area contributed by atoms with Crippen molar-refractivity contribution in [1.29, 1.82) is 0 Å². The molecule has 0 aromatic rings. The summed E-state index contributed by atoms with van der Waals surface area (Å²) in [5, 5.41) is 9.54. The smallest absolute Gasteiger partial charge is 0.326 e. The van der Waals surface area contributed by atoms with Gasteiger partial charge in [0.2, 0.25) is 5.91 Å². The van der Waals surface area contributed by atoms with Gasteiger partial charge in [-0.05, 0) is 55.8 Å². The highest BCUT2D eigenvalue weighted by Gasteiger charge is 2.51. The van der Waals surface area contributed by atoms with Crippen LogP contribution >= 0.6 is 12.6 Å². The lowest BCUT2D eigenvalue weighted by molar-refractivity contribution is -0.150. The van der Waals surface area contributed by atoms with Crippen LogP contribution in [0.5, 0.6) is 0 Å². The van der Waals surface area contributed by atoms with Gasteiger partial charge in [0.1, 0.15) is 6.04 Å². The van der Waals surface area contributed by atoms with Gasteiger partial charge in [-0.3, -0.25) is 4.79 Å². The molecule has 5 nitrogen and oxygen atoms in total.